The van der Waals surface area contributed by atoms with Crippen LogP contribution in [-0.2, 0) is 4.79 Å². The van der Waals surface area contributed by atoms with E-state index in [0.29, 0.717) is 17.8 Å². The molecule has 1 unspecified atom stereocenters. The summed E-state index contributed by atoms with van der Waals surface area (Å²) in [5.74, 6) is 1.26. The highest BCUT2D eigenvalue weighted by Crippen LogP contribution is 2.40. The minimum atomic E-state index is -0.182. The van der Waals surface area contributed by atoms with Crippen LogP contribution in [0.15, 0.2) is 0 Å². The molecule has 0 spiro atoms. The number of hydrogen-bond donors (Lipinski definition) is 2. The molecule has 1 fully saturated rings. The Morgan fingerprint density at radius 3 is 2.22 bits per heavy atom. The van der Waals surface area contributed by atoms with Crippen LogP contribution in [-0.4, -0.2) is 18.5 Å². The minimum Gasteiger partial charge on any atom is -0.370 e. The molecule has 1 rings (SSSR count). The first-order chi connectivity index (χ1) is 8.34. The molecule has 1 amide bonds. The Bertz CT molecular complexity index is 262. The molecule has 3 heteroatoms. The van der Waals surface area contributed by atoms with Gasteiger partial charge < -0.3 is 11.1 Å². The molecule has 1 saturated carbocycles. The van der Waals surface area contributed by atoms with E-state index in [1.807, 2.05) is 0 Å². The van der Waals surface area contributed by atoms with Crippen LogP contribution in [0.4, 0.5) is 0 Å². The molecule has 1 atom stereocenters. The van der Waals surface area contributed by atoms with E-state index in [0.717, 1.165) is 12.5 Å². The maximum atomic E-state index is 11.1. The lowest BCUT2D eigenvalue weighted by Crippen LogP contribution is -2.41. The molecule has 0 aromatic heterocycles. The number of carbonyl (C=O) groups excluding carboxylic acids is 1. The van der Waals surface area contributed by atoms with Crippen LogP contribution in [0, 0.1) is 17.3 Å². The number of amides is 1. The van der Waals surface area contributed by atoms with Gasteiger partial charge in [-0.15, -0.1) is 0 Å². The molecule has 1 aliphatic carbocycles. The SMILES string of the molecule is CCNC(CC(N)=O)C1CCC(C(C)(C)C)CC1. The first kappa shape index (κ1) is 15.5. The minimum absolute atomic E-state index is 0.182. The molecule has 0 heterocycles. The van der Waals surface area contributed by atoms with Crippen LogP contribution in [0.2, 0.25) is 0 Å². The van der Waals surface area contributed by atoms with E-state index in [4.69, 9.17) is 5.73 Å². The standard InChI is InChI=1S/C15H30N2O/c1-5-17-13(10-14(16)18)11-6-8-12(9-7-11)15(2,3)4/h11-13,17H,5-10H2,1-4H3,(H2,16,18). The van der Waals surface area contributed by atoms with Crippen LogP contribution < -0.4 is 11.1 Å². The lowest BCUT2D eigenvalue weighted by molar-refractivity contribution is -0.118. The molecular weight excluding hydrogens is 224 g/mol. The van der Waals surface area contributed by atoms with Crippen LogP contribution >= 0.6 is 0 Å². The number of nitrogens with one attached hydrogen (secondary N) is 1. The molecule has 0 radical (unpaired) electrons. The van der Waals surface area contributed by atoms with Crippen molar-refractivity contribution in [3.63, 3.8) is 0 Å². The number of rotatable bonds is 5. The molecule has 1 aliphatic rings. The smallest absolute Gasteiger partial charge is 0.218 e. The van der Waals surface area contributed by atoms with Crippen molar-refractivity contribution in [3.05, 3.63) is 0 Å². The molecule has 0 aliphatic heterocycles. The van der Waals surface area contributed by atoms with E-state index in [2.05, 4.69) is 33.0 Å². The molecular formula is C15H30N2O. The summed E-state index contributed by atoms with van der Waals surface area (Å²) in [6, 6.07) is 0.286. The van der Waals surface area contributed by atoms with E-state index in [1.54, 1.807) is 0 Å². The van der Waals surface area contributed by atoms with Gasteiger partial charge in [-0.3, -0.25) is 4.79 Å². The Labute approximate surface area is 112 Å². The van der Waals surface area contributed by atoms with Gasteiger partial charge in [0.25, 0.3) is 0 Å². The zero-order valence-electron chi connectivity index (χ0n) is 12.5. The van der Waals surface area contributed by atoms with Gasteiger partial charge in [0.15, 0.2) is 0 Å². The van der Waals surface area contributed by atoms with Gasteiger partial charge in [-0.1, -0.05) is 27.7 Å². The summed E-state index contributed by atoms with van der Waals surface area (Å²) in [6.07, 6.45) is 5.52. The van der Waals surface area contributed by atoms with Crippen molar-refractivity contribution < 1.29 is 4.79 Å². The first-order valence-corrected chi connectivity index (χ1v) is 7.36. The zero-order chi connectivity index (χ0) is 13.8. The average Bonchev–Trinajstić information content (AvgIpc) is 2.27. The molecule has 0 bridgehead atoms. The predicted octanol–water partition coefficient (Wildman–Crippen LogP) is 2.69. The summed E-state index contributed by atoms with van der Waals surface area (Å²) in [6.45, 7) is 10.0. The third-order valence-corrected chi connectivity index (χ3v) is 4.45. The van der Waals surface area contributed by atoms with Crippen molar-refractivity contribution in [2.24, 2.45) is 23.0 Å². The van der Waals surface area contributed by atoms with Gasteiger partial charge in [-0.25, -0.2) is 0 Å². The third kappa shape index (κ3) is 4.60. The molecule has 106 valence electrons. The fourth-order valence-electron chi connectivity index (χ4n) is 3.27. The fraction of sp³-hybridized carbons (Fsp3) is 0.933. The van der Waals surface area contributed by atoms with Crippen molar-refractivity contribution in [2.75, 3.05) is 6.54 Å². The summed E-state index contributed by atoms with van der Waals surface area (Å²) in [7, 11) is 0. The van der Waals surface area contributed by atoms with Crippen molar-refractivity contribution in [2.45, 2.75) is 65.8 Å². The van der Waals surface area contributed by atoms with Gasteiger partial charge in [0, 0.05) is 12.5 Å². The number of carbonyl (C=O) groups is 1. The molecule has 3 N–H and O–H groups in total. The van der Waals surface area contributed by atoms with E-state index in [1.165, 1.54) is 25.7 Å². The number of primary amides is 1. The second kappa shape index (κ2) is 6.55. The summed E-state index contributed by atoms with van der Waals surface area (Å²) in [5, 5.41) is 3.44. The second-order valence-electron chi connectivity index (χ2n) is 6.81. The number of nitrogens with two attached hydrogens (primary N) is 1. The lowest BCUT2D eigenvalue weighted by Gasteiger charge is -2.39. The van der Waals surface area contributed by atoms with Gasteiger partial charge in [0.1, 0.15) is 0 Å². The van der Waals surface area contributed by atoms with Gasteiger partial charge in [-0.05, 0) is 49.5 Å². The highest BCUT2D eigenvalue weighted by Gasteiger charge is 2.32. The molecule has 0 aromatic rings. The Balaban J connectivity index is 2.50. The van der Waals surface area contributed by atoms with Crippen molar-refractivity contribution >= 4 is 5.91 Å². The Morgan fingerprint density at radius 1 is 1.28 bits per heavy atom. The summed E-state index contributed by atoms with van der Waals surface area (Å²) in [5.41, 5.74) is 5.77. The quantitative estimate of drug-likeness (QED) is 0.792. The molecule has 0 aromatic carbocycles. The van der Waals surface area contributed by atoms with E-state index < -0.39 is 0 Å². The molecule has 3 nitrogen and oxygen atoms in total. The number of hydrogen-bond acceptors (Lipinski definition) is 2. The lowest BCUT2D eigenvalue weighted by atomic mass is 9.68. The van der Waals surface area contributed by atoms with Crippen molar-refractivity contribution in [1.82, 2.24) is 5.32 Å². The Hall–Kier alpha value is -0.570. The van der Waals surface area contributed by atoms with Crippen LogP contribution in [0.1, 0.15) is 59.8 Å². The predicted molar refractivity (Wildman–Crippen MR) is 76.2 cm³/mol. The summed E-state index contributed by atoms with van der Waals surface area (Å²) >= 11 is 0. The van der Waals surface area contributed by atoms with E-state index >= 15 is 0 Å². The van der Waals surface area contributed by atoms with Crippen LogP contribution in [0.25, 0.3) is 0 Å². The topological polar surface area (TPSA) is 55.1 Å². The highest BCUT2D eigenvalue weighted by atomic mass is 16.1. The fourth-order valence-corrected chi connectivity index (χ4v) is 3.27. The monoisotopic (exact) mass is 254 g/mol. The van der Waals surface area contributed by atoms with E-state index in [-0.39, 0.29) is 11.9 Å². The zero-order valence-corrected chi connectivity index (χ0v) is 12.5. The van der Waals surface area contributed by atoms with E-state index in [9.17, 15) is 4.79 Å². The highest BCUT2D eigenvalue weighted by molar-refractivity contribution is 5.74. The van der Waals surface area contributed by atoms with Crippen LogP contribution in [0.5, 0.6) is 0 Å². The summed E-state index contributed by atoms with van der Waals surface area (Å²) < 4.78 is 0. The normalized spacial score (nSPS) is 26.9. The average molecular weight is 254 g/mol. The Kier molecular flexibility index (Phi) is 5.64. The van der Waals surface area contributed by atoms with Crippen molar-refractivity contribution in [1.29, 1.82) is 0 Å². The summed E-state index contributed by atoms with van der Waals surface area (Å²) in [4.78, 5) is 11.1. The Morgan fingerprint density at radius 2 is 1.83 bits per heavy atom. The second-order valence-corrected chi connectivity index (χ2v) is 6.81. The largest absolute Gasteiger partial charge is 0.370 e. The van der Waals surface area contributed by atoms with Gasteiger partial charge in [-0.2, -0.15) is 0 Å². The van der Waals surface area contributed by atoms with Gasteiger partial charge in [0.05, 0.1) is 0 Å². The maximum Gasteiger partial charge on any atom is 0.218 e. The molecule has 0 saturated heterocycles. The van der Waals surface area contributed by atoms with Gasteiger partial charge in [0.2, 0.25) is 5.91 Å². The van der Waals surface area contributed by atoms with Crippen molar-refractivity contribution in [3.8, 4) is 0 Å². The first-order valence-electron chi connectivity index (χ1n) is 7.36. The van der Waals surface area contributed by atoms with Gasteiger partial charge >= 0.3 is 0 Å². The third-order valence-electron chi connectivity index (χ3n) is 4.45. The molecule has 18 heavy (non-hydrogen) atoms. The maximum absolute atomic E-state index is 11.1. The van der Waals surface area contributed by atoms with Crippen LogP contribution in [0.3, 0.4) is 0 Å².